The molecule has 136 valence electrons. The van der Waals surface area contributed by atoms with Gasteiger partial charge in [-0.3, -0.25) is 4.98 Å². The summed E-state index contributed by atoms with van der Waals surface area (Å²) in [7, 11) is 1.61. The molecule has 27 heavy (non-hydrogen) atoms. The Hall–Kier alpha value is -3.67. The highest BCUT2D eigenvalue weighted by Gasteiger charge is 2.06. The number of nitrogens with zero attached hydrogens (tertiary/aromatic N) is 3. The van der Waals surface area contributed by atoms with Crippen LogP contribution in [-0.2, 0) is 6.61 Å². The number of ether oxygens (including phenoxy) is 2. The van der Waals surface area contributed by atoms with E-state index in [1.54, 1.807) is 25.6 Å². The minimum absolute atomic E-state index is 0.251. The lowest BCUT2D eigenvalue weighted by atomic mass is 10.2. The summed E-state index contributed by atoms with van der Waals surface area (Å²) < 4.78 is 11.3. The van der Waals surface area contributed by atoms with Crippen LogP contribution < -0.4 is 15.2 Å². The summed E-state index contributed by atoms with van der Waals surface area (Å²) in [4.78, 5) is 4.13. The van der Waals surface area contributed by atoms with Crippen LogP contribution in [0.4, 0.5) is 0 Å². The normalized spacial score (nSPS) is 11.5. The zero-order valence-corrected chi connectivity index (χ0v) is 14.9. The maximum Gasteiger partial charge on any atom is 0.171 e. The average Bonchev–Trinajstić information content (AvgIpc) is 2.73. The van der Waals surface area contributed by atoms with Crippen molar-refractivity contribution in [1.82, 2.24) is 4.98 Å². The molecule has 0 aliphatic rings. The maximum atomic E-state index is 5.89. The summed E-state index contributed by atoms with van der Waals surface area (Å²) in [6, 6.07) is 20.9. The van der Waals surface area contributed by atoms with Crippen molar-refractivity contribution in [3.8, 4) is 11.5 Å². The number of pyridine rings is 1. The second-order valence-electron chi connectivity index (χ2n) is 5.63. The van der Waals surface area contributed by atoms with Crippen LogP contribution in [0.25, 0.3) is 0 Å². The number of hydrogen-bond donors (Lipinski definition) is 1. The van der Waals surface area contributed by atoms with Crippen molar-refractivity contribution in [2.75, 3.05) is 7.11 Å². The first-order valence-electron chi connectivity index (χ1n) is 8.39. The zero-order chi connectivity index (χ0) is 18.9. The fourth-order valence-electron chi connectivity index (χ4n) is 2.34. The quantitative estimate of drug-likeness (QED) is 0.398. The summed E-state index contributed by atoms with van der Waals surface area (Å²) in [5.41, 5.74) is 8.35. The molecule has 1 aromatic heterocycles. The molecular weight excluding hydrogens is 340 g/mol. The van der Waals surface area contributed by atoms with Crippen molar-refractivity contribution in [3.63, 3.8) is 0 Å². The largest absolute Gasteiger partial charge is 0.493 e. The zero-order valence-electron chi connectivity index (χ0n) is 14.9. The van der Waals surface area contributed by atoms with Crippen molar-refractivity contribution < 1.29 is 9.47 Å². The molecule has 0 radical (unpaired) electrons. The van der Waals surface area contributed by atoms with Crippen LogP contribution in [-0.4, -0.2) is 24.1 Å². The smallest absolute Gasteiger partial charge is 0.171 e. The fraction of sp³-hybridized carbons (Fsp3) is 0.0952. The van der Waals surface area contributed by atoms with Crippen LogP contribution in [0.1, 0.15) is 16.8 Å². The third-order valence-electron chi connectivity index (χ3n) is 3.72. The van der Waals surface area contributed by atoms with Crippen molar-refractivity contribution in [1.29, 1.82) is 0 Å². The molecule has 0 saturated heterocycles. The molecule has 0 unspecified atom stereocenters. The summed E-state index contributed by atoms with van der Waals surface area (Å²) in [5.74, 6) is 1.53. The van der Waals surface area contributed by atoms with Crippen LogP contribution in [0, 0.1) is 0 Å². The summed E-state index contributed by atoms with van der Waals surface area (Å²) in [6.07, 6.45) is 3.26. The molecule has 0 bridgehead atoms. The van der Waals surface area contributed by atoms with Crippen LogP contribution in [0.2, 0.25) is 0 Å². The highest BCUT2D eigenvalue weighted by molar-refractivity contribution is 5.96. The highest BCUT2D eigenvalue weighted by atomic mass is 16.5. The second-order valence-corrected chi connectivity index (χ2v) is 5.63. The second kappa shape index (κ2) is 9.15. The molecule has 0 aliphatic carbocycles. The Morgan fingerprint density at radius 1 is 1.04 bits per heavy atom. The van der Waals surface area contributed by atoms with Crippen molar-refractivity contribution >= 4 is 12.1 Å². The molecule has 0 amide bonds. The molecule has 6 heteroatoms. The Balaban J connectivity index is 1.72. The van der Waals surface area contributed by atoms with Crippen LogP contribution in [0.15, 0.2) is 83.1 Å². The van der Waals surface area contributed by atoms with Crippen LogP contribution >= 0.6 is 0 Å². The molecular formula is C21H20N4O2. The van der Waals surface area contributed by atoms with Crippen molar-refractivity contribution in [2.24, 2.45) is 15.9 Å². The van der Waals surface area contributed by atoms with Crippen LogP contribution in [0.3, 0.4) is 0 Å². The van der Waals surface area contributed by atoms with E-state index in [2.05, 4.69) is 15.2 Å². The van der Waals surface area contributed by atoms with E-state index in [4.69, 9.17) is 15.2 Å². The molecule has 3 aromatic rings. The molecule has 0 saturated carbocycles. The van der Waals surface area contributed by atoms with Gasteiger partial charge in [0.05, 0.1) is 13.3 Å². The third-order valence-corrected chi connectivity index (χ3v) is 3.72. The number of amidine groups is 1. The highest BCUT2D eigenvalue weighted by Crippen LogP contribution is 2.28. The lowest BCUT2D eigenvalue weighted by Crippen LogP contribution is -2.14. The number of hydrogen-bond acceptors (Lipinski definition) is 5. The predicted molar refractivity (Wildman–Crippen MR) is 106 cm³/mol. The number of methoxy groups -OCH3 is 1. The topological polar surface area (TPSA) is 82.1 Å². The van der Waals surface area contributed by atoms with Gasteiger partial charge in [-0.15, -0.1) is 5.10 Å². The number of aromatic nitrogens is 1. The van der Waals surface area contributed by atoms with Gasteiger partial charge in [-0.25, -0.2) is 0 Å². The van der Waals surface area contributed by atoms with E-state index in [9.17, 15) is 0 Å². The Bertz CT molecular complexity index is 925. The van der Waals surface area contributed by atoms with Crippen molar-refractivity contribution in [2.45, 2.75) is 6.61 Å². The number of rotatable bonds is 7. The van der Waals surface area contributed by atoms with E-state index in [1.807, 2.05) is 60.7 Å². The Morgan fingerprint density at radius 3 is 2.59 bits per heavy atom. The van der Waals surface area contributed by atoms with E-state index in [1.165, 1.54) is 0 Å². The monoisotopic (exact) mass is 360 g/mol. The molecule has 2 aromatic carbocycles. The van der Waals surface area contributed by atoms with Gasteiger partial charge in [0.1, 0.15) is 12.3 Å². The van der Waals surface area contributed by atoms with Gasteiger partial charge in [-0.2, -0.15) is 5.10 Å². The van der Waals surface area contributed by atoms with Gasteiger partial charge in [-0.05, 0) is 41.5 Å². The summed E-state index contributed by atoms with van der Waals surface area (Å²) >= 11 is 0. The minimum atomic E-state index is 0.251. The molecule has 0 aliphatic heterocycles. The van der Waals surface area contributed by atoms with Gasteiger partial charge in [0.15, 0.2) is 17.3 Å². The Kier molecular flexibility index (Phi) is 6.14. The molecule has 0 spiro atoms. The maximum absolute atomic E-state index is 5.89. The molecule has 0 atom stereocenters. The first-order chi connectivity index (χ1) is 13.3. The lowest BCUT2D eigenvalue weighted by Gasteiger charge is -2.11. The van der Waals surface area contributed by atoms with Gasteiger partial charge < -0.3 is 15.2 Å². The van der Waals surface area contributed by atoms with Gasteiger partial charge in [0, 0.05) is 6.20 Å². The first kappa shape index (κ1) is 18.1. The molecule has 6 nitrogen and oxygen atoms in total. The first-order valence-corrected chi connectivity index (χ1v) is 8.39. The lowest BCUT2D eigenvalue weighted by molar-refractivity contribution is 0.284. The summed E-state index contributed by atoms with van der Waals surface area (Å²) in [6.45, 7) is 0.447. The summed E-state index contributed by atoms with van der Waals surface area (Å²) in [5, 5.41) is 8.02. The molecule has 1 heterocycles. The van der Waals surface area contributed by atoms with Gasteiger partial charge in [0.2, 0.25) is 0 Å². The van der Waals surface area contributed by atoms with E-state index in [0.29, 0.717) is 23.8 Å². The number of benzene rings is 2. The molecule has 0 fully saturated rings. The molecule has 2 N–H and O–H groups in total. The van der Waals surface area contributed by atoms with E-state index >= 15 is 0 Å². The van der Waals surface area contributed by atoms with E-state index in [0.717, 1.165) is 11.1 Å². The molecule has 3 rings (SSSR count). The van der Waals surface area contributed by atoms with Crippen molar-refractivity contribution in [3.05, 3.63) is 89.7 Å². The van der Waals surface area contributed by atoms with E-state index < -0.39 is 0 Å². The minimum Gasteiger partial charge on any atom is -0.493 e. The Labute approximate surface area is 158 Å². The van der Waals surface area contributed by atoms with Gasteiger partial charge >= 0.3 is 0 Å². The SMILES string of the molecule is COc1ccc(/C=N/N=C(\N)c2ccccn2)cc1OCc1ccccc1. The standard InChI is InChI=1S/C21H20N4O2/c1-26-19-11-10-17(13-20(19)27-15-16-7-3-2-4-8-16)14-24-25-21(22)18-9-5-6-12-23-18/h2-14H,15H2,1H3,(H2,22,25)/b24-14+. The average molecular weight is 360 g/mol. The predicted octanol–water partition coefficient (Wildman–Crippen LogP) is 3.41. The fourth-order valence-corrected chi connectivity index (χ4v) is 2.34. The van der Waals surface area contributed by atoms with Gasteiger partial charge in [-0.1, -0.05) is 36.4 Å². The van der Waals surface area contributed by atoms with Crippen LogP contribution in [0.5, 0.6) is 11.5 Å². The van der Waals surface area contributed by atoms with E-state index in [-0.39, 0.29) is 5.84 Å². The third kappa shape index (κ3) is 5.15. The number of nitrogens with two attached hydrogens (primary N) is 1. The van der Waals surface area contributed by atoms with Gasteiger partial charge in [0.25, 0.3) is 0 Å². The Morgan fingerprint density at radius 2 is 1.85 bits per heavy atom.